The molecule has 8 heteroatoms. The molecule has 1 N–H and O–H groups in total. The minimum Gasteiger partial charge on any atom is -0.497 e. The Morgan fingerprint density at radius 1 is 1.17 bits per heavy atom. The molecule has 1 aromatic heterocycles. The van der Waals surface area contributed by atoms with Crippen LogP contribution in [-0.4, -0.2) is 38.4 Å². The number of rotatable bonds is 6. The van der Waals surface area contributed by atoms with E-state index < -0.39 is 5.97 Å². The molecule has 0 saturated heterocycles. The maximum atomic E-state index is 10.9. The number of hydrogen-bond donors (Lipinski definition) is 1. The molecule has 0 aliphatic carbocycles. The van der Waals surface area contributed by atoms with Crippen LogP contribution in [0.15, 0.2) is 53.7 Å². The lowest BCUT2D eigenvalue weighted by Gasteiger charge is -2.06. The van der Waals surface area contributed by atoms with Crippen molar-refractivity contribution in [2.24, 2.45) is 0 Å². The molecule has 24 heavy (non-hydrogen) atoms. The van der Waals surface area contributed by atoms with Gasteiger partial charge in [0.15, 0.2) is 0 Å². The van der Waals surface area contributed by atoms with Crippen molar-refractivity contribution in [1.82, 2.24) is 20.2 Å². The van der Waals surface area contributed by atoms with E-state index in [-0.39, 0.29) is 5.56 Å². The average molecular weight is 342 g/mol. The molecular weight excluding hydrogens is 328 g/mol. The van der Waals surface area contributed by atoms with Crippen LogP contribution in [-0.2, 0) is 5.75 Å². The molecule has 0 amide bonds. The molecule has 0 unspecified atom stereocenters. The van der Waals surface area contributed by atoms with Crippen LogP contribution >= 0.6 is 11.8 Å². The topological polar surface area (TPSA) is 90.1 Å². The number of methoxy groups -OCH3 is 1. The highest BCUT2D eigenvalue weighted by Crippen LogP contribution is 2.23. The maximum absolute atomic E-state index is 10.9. The maximum Gasteiger partial charge on any atom is 0.335 e. The Bertz CT molecular complexity index is 831. The molecular formula is C16H14N4O3S. The zero-order chi connectivity index (χ0) is 16.9. The van der Waals surface area contributed by atoms with Gasteiger partial charge in [0.1, 0.15) is 5.75 Å². The summed E-state index contributed by atoms with van der Waals surface area (Å²) in [6.07, 6.45) is 0. The number of hydrogen-bond acceptors (Lipinski definition) is 6. The third kappa shape index (κ3) is 3.54. The van der Waals surface area contributed by atoms with E-state index in [9.17, 15) is 4.79 Å². The first kappa shape index (κ1) is 16.0. The van der Waals surface area contributed by atoms with Crippen molar-refractivity contribution in [3.63, 3.8) is 0 Å². The van der Waals surface area contributed by atoms with Crippen molar-refractivity contribution in [1.29, 1.82) is 0 Å². The van der Waals surface area contributed by atoms with Gasteiger partial charge in [-0.05, 0) is 52.4 Å². The van der Waals surface area contributed by atoms with Crippen LogP contribution in [0.25, 0.3) is 5.69 Å². The molecule has 1 heterocycles. The summed E-state index contributed by atoms with van der Waals surface area (Å²) >= 11 is 1.47. The molecule has 0 radical (unpaired) electrons. The van der Waals surface area contributed by atoms with E-state index in [1.165, 1.54) is 11.8 Å². The van der Waals surface area contributed by atoms with Crippen LogP contribution in [0.2, 0.25) is 0 Å². The van der Waals surface area contributed by atoms with E-state index in [4.69, 9.17) is 9.84 Å². The number of carboxylic acids is 1. The predicted octanol–water partition coefficient (Wildman–Crippen LogP) is 2.66. The lowest BCUT2D eigenvalue weighted by molar-refractivity contribution is 0.0697. The van der Waals surface area contributed by atoms with Gasteiger partial charge in [-0.2, -0.15) is 4.68 Å². The van der Waals surface area contributed by atoms with Crippen LogP contribution in [0.1, 0.15) is 15.9 Å². The van der Waals surface area contributed by atoms with Gasteiger partial charge in [0.2, 0.25) is 5.16 Å². The van der Waals surface area contributed by atoms with Crippen LogP contribution in [0.3, 0.4) is 0 Å². The van der Waals surface area contributed by atoms with Crippen LogP contribution in [0, 0.1) is 0 Å². The first-order valence-corrected chi connectivity index (χ1v) is 8.04. The number of carbonyl (C=O) groups is 1. The largest absolute Gasteiger partial charge is 0.497 e. The smallest absolute Gasteiger partial charge is 0.335 e. The van der Waals surface area contributed by atoms with Crippen molar-refractivity contribution in [3.05, 3.63) is 59.7 Å². The molecule has 122 valence electrons. The molecule has 7 nitrogen and oxygen atoms in total. The standard InChI is InChI=1S/C16H14N4O3S/c1-23-14-8-6-13(7-9-14)20-16(17-18-19-20)24-10-11-2-4-12(5-3-11)15(21)22/h2-9H,10H2,1H3,(H,21,22). The Hall–Kier alpha value is -2.87. The number of thioether (sulfide) groups is 1. The van der Waals surface area contributed by atoms with Crippen molar-refractivity contribution in [2.45, 2.75) is 10.9 Å². The summed E-state index contributed by atoms with van der Waals surface area (Å²) in [5, 5.41) is 21.3. The van der Waals surface area contributed by atoms with Crippen molar-refractivity contribution >= 4 is 17.7 Å². The van der Waals surface area contributed by atoms with Gasteiger partial charge in [0.25, 0.3) is 0 Å². The highest BCUT2D eigenvalue weighted by atomic mass is 32.2. The minimum absolute atomic E-state index is 0.270. The molecule has 2 aromatic carbocycles. The summed E-state index contributed by atoms with van der Waals surface area (Å²) in [6.45, 7) is 0. The van der Waals surface area contributed by atoms with Gasteiger partial charge >= 0.3 is 5.97 Å². The quantitative estimate of drug-likeness (QED) is 0.689. The monoisotopic (exact) mass is 342 g/mol. The van der Waals surface area contributed by atoms with Gasteiger partial charge in [-0.3, -0.25) is 0 Å². The molecule has 0 aliphatic rings. The van der Waals surface area contributed by atoms with E-state index in [0.29, 0.717) is 10.9 Å². The van der Waals surface area contributed by atoms with Crippen molar-refractivity contribution in [3.8, 4) is 11.4 Å². The SMILES string of the molecule is COc1ccc(-n2nnnc2SCc2ccc(C(=O)O)cc2)cc1. The fraction of sp³-hybridized carbons (Fsp3) is 0.125. The number of carboxylic acid groups (broad SMARTS) is 1. The number of nitrogens with zero attached hydrogens (tertiary/aromatic N) is 4. The van der Waals surface area contributed by atoms with Gasteiger partial charge in [0, 0.05) is 5.75 Å². The molecule has 0 bridgehead atoms. The summed E-state index contributed by atoms with van der Waals surface area (Å²) in [5.74, 6) is 0.466. The minimum atomic E-state index is -0.933. The third-order valence-electron chi connectivity index (χ3n) is 3.33. The third-order valence-corrected chi connectivity index (χ3v) is 4.32. The number of tetrazole rings is 1. The molecule has 3 rings (SSSR count). The average Bonchev–Trinajstić information content (AvgIpc) is 3.09. The lowest BCUT2D eigenvalue weighted by atomic mass is 10.1. The summed E-state index contributed by atoms with van der Waals surface area (Å²) < 4.78 is 6.79. The predicted molar refractivity (Wildman–Crippen MR) is 88.7 cm³/mol. The van der Waals surface area contributed by atoms with Gasteiger partial charge in [-0.15, -0.1) is 5.10 Å². The highest BCUT2D eigenvalue weighted by Gasteiger charge is 2.10. The number of ether oxygens (including phenoxy) is 1. The van der Waals surface area contributed by atoms with Gasteiger partial charge in [-0.1, -0.05) is 23.9 Å². The molecule has 0 fully saturated rings. The van der Waals surface area contributed by atoms with Gasteiger partial charge in [0.05, 0.1) is 18.4 Å². The lowest BCUT2D eigenvalue weighted by Crippen LogP contribution is -1.99. The molecule has 0 saturated carbocycles. The molecule has 0 aliphatic heterocycles. The summed E-state index contributed by atoms with van der Waals surface area (Å²) in [7, 11) is 1.61. The number of aromatic nitrogens is 4. The van der Waals surface area contributed by atoms with E-state index >= 15 is 0 Å². The Labute approximate surface area is 142 Å². The Balaban J connectivity index is 1.72. The number of aromatic carboxylic acids is 1. The highest BCUT2D eigenvalue weighted by molar-refractivity contribution is 7.98. The summed E-state index contributed by atoms with van der Waals surface area (Å²) in [4.78, 5) is 10.9. The number of benzene rings is 2. The molecule has 0 atom stereocenters. The van der Waals surface area contributed by atoms with Crippen LogP contribution in [0.4, 0.5) is 0 Å². The van der Waals surface area contributed by atoms with E-state index in [0.717, 1.165) is 17.0 Å². The van der Waals surface area contributed by atoms with Crippen molar-refractivity contribution in [2.75, 3.05) is 7.11 Å². The molecule has 3 aromatic rings. The Morgan fingerprint density at radius 3 is 2.50 bits per heavy atom. The fourth-order valence-corrected chi connectivity index (χ4v) is 2.89. The molecule has 0 spiro atoms. The second-order valence-electron chi connectivity index (χ2n) is 4.86. The normalized spacial score (nSPS) is 10.5. The second kappa shape index (κ2) is 7.14. The summed E-state index contributed by atoms with van der Waals surface area (Å²) in [5.41, 5.74) is 2.10. The Morgan fingerprint density at radius 2 is 1.88 bits per heavy atom. The Kier molecular flexibility index (Phi) is 4.76. The summed E-state index contributed by atoms with van der Waals surface area (Å²) in [6, 6.07) is 14.2. The van der Waals surface area contributed by atoms with Gasteiger partial charge < -0.3 is 9.84 Å². The first-order chi connectivity index (χ1) is 11.7. The first-order valence-electron chi connectivity index (χ1n) is 7.05. The van der Waals surface area contributed by atoms with E-state index in [1.54, 1.807) is 36.1 Å². The van der Waals surface area contributed by atoms with E-state index in [2.05, 4.69) is 15.5 Å². The zero-order valence-corrected chi connectivity index (χ0v) is 13.6. The van der Waals surface area contributed by atoms with Crippen LogP contribution < -0.4 is 4.74 Å². The second-order valence-corrected chi connectivity index (χ2v) is 5.80. The fourth-order valence-electron chi connectivity index (χ4n) is 2.05. The zero-order valence-electron chi connectivity index (χ0n) is 12.8. The van der Waals surface area contributed by atoms with E-state index in [1.807, 2.05) is 24.3 Å². The van der Waals surface area contributed by atoms with Crippen molar-refractivity contribution < 1.29 is 14.6 Å². The van der Waals surface area contributed by atoms with Crippen LogP contribution in [0.5, 0.6) is 5.75 Å². The van der Waals surface area contributed by atoms with Gasteiger partial charge in [-0.25, -0.2) is 4.79 Å².